The van der Waals surface area contributed by atoms with E-state index in [1.165, 1.54) is 0 Å². The third kappa shape index (κ3) is 1.98. The predicted molar refractivity (Wildman–Crippen MR) is 59.2 cm³/mol. The molecule has 0 radical (unpaired) electrons. The van der Waals surface area contributed by atoms with Crippen LogP contribution < -0.4 is 0 Å². The summed E-state index contributed by atoms with van der Waals surface area (Å²) in [7, 11) is 0. The average Bonchev–Trinajstić information content (AvgIpc) is 3.03. The van der Waals surface area contributed by atoms with Crippen molar-refractivity contribution in [2.75, 3.05) is 0 Å². The fourth-order valence-corrected chi connectivity index (χ4v) is 3.18. The molecule has 86 valence electrons. The fraction of sp³-hybridized carbons (Fsp3) is 0.800. The summed E-state index contributed by atoms with van der Waals surface area (Å²) in [5, 5.41) is 12.6. The number of Topliss-reactive ketones (excluding diaryl/α,β-unsaturated/α-hetero) is 1. The van der Waals surface area contributed by atoms with Crippen molar-refractivity contribution in [2.45, 2.75) is 55.0 Å². The zero-order valence-corrected chi connectivity index (χ0v) is 9.82. The van der Waals surface area contributed by atoms with Gasteiger partial charge in [-0.1, -0.05) is 18.2 Å². The van der Waals surface area contributed by atoms with Gasteiger partial charge in [0.25, 0.3) is 0 Å². The van der Waals surface area contributed by atoms with E-state index in [9.17, 15) is 4.79 Å². The van der Waals surface area contributed by atoms with Crippen molar-refractivity contribution in [2.24, 2.45) is 0 Å². The first-order valence-corrected chi connectivity index (χ1v) is 6.70. The lowest BCUT2D eigenvalue weighted by atomic mass is 9.99. The van der Waals surface area contributed by atoms with Crippen molar-refractivity contribution in [3.8, 4) is 0 Å². The van der Waals surface area contributed by atoms with E-state index < -0.39 is 0 Å². The summed E-state index contributed by atoms with van der Waals surface area (Å²) in [6.07, 6.45) is 6.22. The van der Waals surface area contributed by atoms with Crippen molar-refractivity contribution >= 4 is 17.5 Å². The van der Waals surface area contributed by atoms with E-state index in [0.717, 1.165) is 43.7 Å². The van der Waals surface area contributed by atoms with Crippen LogP contribution in [0.25, 0.3) is 0 Å². The second kappa shape index (κ2) is 4.16. The standard InChI is InChI=1S/C10H14N4OS/c15-8-3-1-2-4-9(8)16-10-11-12-13-14(10)7-5-6-7/h7,9H,1-6H2/t9-/m0/s1. The molecule has 2 fully saturated rings. The molecule has 0 amide bonds. The minimum Gasteiger partial charge on any atom is -0.298 e. The van der Waals surface area contributed by atoms with Crippen molar-refractivity contribution < 1.29 is 4.79 Å². The molecule has 0 N–H and O–H groups in total. The van der Waals surface area contributed by atoms with Crippen molar-refractivity contribution in [3.05, 3.63) is 0 Å². The number of carbonyl (C=O) groups is 1. The van der Waals surface area contributed by atoms with E-state index in [1.807, 2.05) is 4.68 Å². The average molecular weight is 238 g/mol. The van der Waals surface area contributed by atoms with Crippen molar-refractivity contribution in [1.29, 1.82) is 0 Å². The number of ketones is 1. The van der Waals surface area contributed by atoms with Crippen molar-refractivity contribution in [3.63, 3.8) is 0 Å². The summed E-state index contributed by atoms with van der Waals surface area (Å²) in [4.78, 5) is 11.7. The molecule has 0 aromatic carbocycles. The molecule has 5 nitrogen and oxygen atoms in total. The molecule has 16 heavy (non-hydrogen) atoms. The molecule has 2 aliphatic carbocycles. The van der Waals surface area contributed by atoms with Gasteiger partial charge in [0.15, 0.2) is 0 Å². The van der Waals surface area contributed by atoms with Crippen LogP contribution in [0.4, 0.5) is 0 Å². The maximum atomic E-state index is 11.7. The van der Waals surface area contributed by atoms with E-state index in [2.05, 4.69) is 15.5 Å². The minimum atomic E-state index is 0.0808. The van der Waals surface area contributed by atoms with Crippen LogP contribution in [0.2, 0.25) is 0 Å². The first-order chi connectivity index (χ1) is 7.84. The number of hydrogen-bond acceptors (Lipinski definition) is 5. The fourth-order valence-electron chi connectivity index (χ4n) is 2.01. The largest absolute Gasteiger partial charge is 0.298 e. The predicted octanol–water partition coefficient (Wildman–Crippen LogP) is 1.61. The number of carbonyl (C=O) groups excluding carboxylic acids is 1. The van der Waals surface area contributed by atoms with E-state index in [-0.39, 0.29) is 5.25 Å². The van der Waals surface area contributed by atoms with Gasteiger partial charge >= 0.3 is 0 Å². The number of aromatic nitrogens is 4. The Morgan fingerprint density at radius 2 is 2.12 bits per heavy atom. The highest BCUT2D eigenvalue weighted by Gasteiger charge is 2.31. The van der Waals surface area contributed by atoms with Gasteiger partial charge in [0, 0.05) is 6.42 Å². The Morgan fingerprint density at radius 3 is 2.88 bits per heavy atom. The molecule has 0 aliphatic heterocycles. The monoisotopic (exact) mass is 238 g/mol. The normalized spacial score (nSPS) is 26.0. The van der Waals surface area contributed by atoms with Gasteiger partial charge in [-0.05, 0) is 36.1 Å². The molecule has 3 rings (SSSR count). The molecule has 0 spiro atoms. The van der Waals surface area contributed by atoms with Crippen LogP contribution in [0, 0.1) is 0 Å². The highest BCUT2D eigenvalue weighted by molar-refractivity contribution is 8.00. The first-order valence-electron chi connectivity index (χ1n) is 5.82. The van der Waals surface area contributed by atoms with Crippen LogP contribution in [0.1, 0.15) is 44.6 Å². The van der Waals surface area contributed by atoms with E-state index >= 15 is 0 Å². The summed E-state index contributed by atoms with van der Waals surface area (Å²) < 4.78 is 1.88. The van der Waals surface area contributed by atoms with Gasteiger partial charge in [0.05, 0.1) is 11.3 Å². The molecule has 1 aromatic rings. The lowest BCUT2D eigenvalue weighted by molar-refractivity contribution is -0.119. The Morgan fingerprint density at radius 1 is 1.25 bits per heavy atom. The highest BCUT2D eigenvalue weighted by atomic mass is 32.2. The molecule has 1 atom stereocenters. The number of nitrogens with zero attached hydrogens (tertiary/aromatic N) is 4. The SMILES string of the molecule is O=C1CCCC[C@@H]1Sc1nnnn1C1CC1. The van der Waals surface area contributed by atoms with Crippen LogP contribution in [-0.4, -0.2) is 31.2 Å². The van der Waals surface area contributed by atoms with Gasteiger partial charge in [0.1, 0.15) is 5.78 Å². The van der Waals surface area contributed by atoms with Gasteiger partial charge in [-0.15, -0.1) is 5.10 Å². The third-order valence-corrected chi connectivity index (χ3v) is 4.36. The zero-order valence-electron chi connectivity index (χ0n) is 9.00. The maximum absolute atomic E-state index is 11.7. The molecular formula is C10H14N4OS. The number of hydrogen-bond donors (Lipinski definition) is 0. The Kier molecular flexibility index (Phi) is 2.67. The van der Waals surface area contributed by atoms with Crippen LogP contribution in [-0.2, 0) is 4.79 Å². The molecule has 0 unspecified atom stereocenters. The first kappa shape index (κ1) is 10.3. The molecule has 2 aliphatic rings. The summed E-state index contributed by atoms with van der Waals surface area (Å²) in [6.45, 7) is 0. The second-order valence-corrected chi connectivity index (χ2v) is 5.63. The van der Waals surface area contributed by atoms with Gasteiger partial charge in [0.2, 0.25) is 5.16 Å². The minimum absolute atomic E-state index is 0.0808. The smallest absolute Gasteiger partial charge is 0.210 e. The Balaban J connectivity index is 1.72. The van der Waals surface area contributed by atoms with E-state index in [0.29, 0.717) is 11.8 Å². The molecule has 1 heterocycles. The third-order valence-electron chi connectivity index (χ3n) is 3.10. The lowest BCUT2D eigenvalue weighted by Gasteiger charge is -2.18. The number of rotatable bonds is 3. The summed E-state index contributed by atoms with van der Waals surface area (Å²) >= 11 is 1.55. The molecule has 1 aromatic heterocycles. The van der Waals surface area contributed by atoms with Crippen LogP contribution in [0.3, 0.4) is 0 Å². The second-order valence-electron chi connectivity index (χ2n) is 4.46. The van der Waals surface area contributed by atoms with Gasteiger partial charge in [-0.25, -0.2) is 4.68 Å². The lowest BCUT2D eigenvalue weighted by Crippen LogP contribution is -2.21. The molecule has 0 saturated heterocycles. The van der Waals surface area contributed by atoms with Crippen molar-refractivity contribution in [1.82, 2.24) is 20.2 Å². The van der Waals surface area contributed by atoms with Gasteiger partial charge in [-0.3, -0.25) is 4.79 Å². The maximum Gasteiger partial charge on any atom is 0.210 e. The van der Waals surface area contributed by atoms with Crippen LogP contribution in [0.5, 0.6) is 0 Å². The molecule has 2 saturated carbocycles. The summed E-state index contributed by atoms with van der Waals surface area (Å²) in [5.41, 5.74) is 0. The molecular weight excluding hydrogens is 224 g/mol. The van der Waals surface area contributed by atoms with Gasteiger partial charge in [-0.2, -0.15) is 0 Å². The Labute approximate surface area is 98.0 Å². The summed E-state index contributed by atoms with van der Waals surface area (Å²) in [5.74, 6) is 0.363. The zero-order chi connectivity index (χ0) is 11.0. The number of thioether (sulfide) groups is 1. The van der Waals surface area contributed by atoms with Crippen LogP contribution >= 0.6 is 11.8 Å². The molecule has 0 bridgehead atoms. The highest BCUT2D eigenvalue weighted by Crippen LogP contribution is 2.38. The van der Waals surface area contributed by atoms with E-state index in [4.69, 9.17) is 0 Å². The number of tetrazole rings is 1. The van der Waals surface area contributed by atoms with Crippen LogP contribution in [0.15, 0.2) is 5.16 Å². The molecule has 6 heteroatoms. The van der Waals surface area contributed by atoms with Gasteiger partial charge < -0.3 is 0 Å². The topological polar surface area (TPSA) is 60.7 Å². The van der Waals surface area contributed by atoms with E-state index in [1.54, 1.807) is 11.8 Å². The summed E-state index contributed by atoms with van der Waals surface area (Å²) in [6, 6.07) is 0.483. The Bertz CT molecular complexity index is 401. The Hall–Kier alpha value is -0.910. The quantitative estimate of drug-likeness (QED) is 0.800.